The summed E-state index contributed by atoms with van der Waals surface area (Å²) in [5, 5.41) is 0.952. The van der Waals surface area contributed by atoms with E-state index in [-0.39, 0.29) is 0 Å². The third-order valence-electron chi connectivity index (χ3n) is 4.28. The van der Waals surface area contributed by atoms with E-state index >= 15 is 0 Å². The van der Waals surface area contributed by atoms with Gasteiger partial charge in [-0.15, -0.1) is 0 Å². The second-order valence-electron chi connectivity index (χ2n) is 5.74. The predicted octanol–water partition coefficient (Wildman–Crippen LogP) is 5.78. The van der Waals surface area contributed by atoms with Crippen LogP contribution in [-0.4, -0.2) is 14.2 Å². The van der Waals surface area contributed by atoms with Crippen LogP contribution >= 0.6 is 0 Å². The average molecular weight is 330 g/mol. The van der Waals surface area contributed by atoms with Crippen LogP contribution < -0.4 is 9.47 Å². The lowest BCUT2D eigenvalue weighted by molar-refractivity contribution is 0.397. The van der Waals surface area contributed by atoms with Crippen LogP contribution in [0, 0.1) is 0 Å². The van der Waals surface area contributed by atoms with Crippen LogP contribution in [0.4, 0.5) is 0 Å². The molecule has 0 atom stereocenters. The Morgan fingerprint density at radius 2 is 1.36 bits per heavy atom. The van der Waals surface area contributed by atoms with E-state index in [1.807, 2.05) is 60.7 Å². The molecule has 4 rings (SSSR count). The number of rotatable bonds is 4. The van der Waals surface area contributed by atoms with Gasteiger partial charge in [0.15, 0.2) is 0 Å². The van der Waals surface area contributed by atoms with Crippen molar-refractivity contribution in [1.82, 2.24) is 0 Å². The average Bonchev–Trinajstić information content (AvgIpc) is 3.08. The molecule has 3 aromatic carbocycles. The van der Waals surface area contributed by atoms with Gasteiger partial charge in [0.1, 0.15) is 22.8 Å². The van der Waals surface area contributed by atoms with E-state index in [1.165, 1.54) is 0 Å². The first-order chi connectivity index (χ1) is 12.3. The van der Waals surface area contributed by atoms with Crippen LogP contribution in [-0.2, 0) is 0 Å². The summed E-state index contributed by atoms with van der Waals surface area (Å²) in [6, 6.07) is 24.1. The number of hydrogen-bond donors (Lipinski definition) is 0. The van der Waals surface area contributed by atoms with Crippen LogP contribution in [0.15, 0.2) is 77.2 Å². The molecule has 4 aromatic rings. The number of fused-ring (bicyclic) bond motifs is 1. The first-order valence-corrected chi connectivity index (χ1v) is 8.11. The molecular formula is C22H18O3. The highest BCUT2D eigenvalue weighted by Crippen LogP contribution is 2.46. The number of ether oxygens (including phenoxy) is 2. The van der Waals surface area contributed by atoms with Crippen LogP contribution in [0.25, 0.3) is 33.4 Å². The molecule has 3 heteroatoms. The molecule has 0 bridgehead atoms. The Labute approximate surface area is 146 Å². The Morgan fingerprint density at radius 3 is 1.96 bits per heavy atom. The molecule has 124 valence electrons. The Balaban J connectivity index is 2.11. The number of furan rings is 1. The van der Waals surface area contributed by atoms with Crippen molar-refractivity contribution in [3.63, 3.8) is 0 Å². The molecule has 0 fully saturated rings. The Hall–Kier alpha value is -3.20. The quantitative estimate of drug-likeness (QED) is 0.475. The molecule has 0 N–H and O–H groups in total. The maximum Gasteiger partial charge on any atom is 0.143 e. The van der Waals surface area contributed by atoms with Gasteiger partial charge in [-0.25, -0.2) is 0 Å². The van der Waals surface area contributed by atoms with Gasteiger partial charge in [0.25, 0.3) is 0 Å². The van der Waals surface area contributed by atoms with Gasteiger partial charge in [0, 0.05) is 23.3 Å². The monoisotopic (exact) mass is 330 g/mol. The van der Waals surface area contributed by atoms with Gasteiger partial charge < -0.3 is 13.9 Å². The Bertz CT molecular complexity index is 1000. The van der Waals surface area contributed by atoms with Crippen molar-refractivity contribution in [2.75, 3.05) is 14.2 Å². The van der Waals surface area contributed by atoms with Crippen molar-refractivity contribution in [3.05, 3.63) is 72.8 Å². The van der Waals surface area contributed by atoms with E-state index in [2.05, 4.69) is 12.1 Å². The van der Waals surface area contributed by atoms with Crippen molar-refractivity contribution >= 4 is 11.0 Å². The van der Waals surface area contributed by atoms with Crippen molar-refractivity contribution in [1.29, 1.82) is 0 Å². The lowest BCUT2D eigenvalue weighted by atomic mass is 9.98. The molecule has 0 saturated heterocycles. The summed E-state index contributed by atoms with van der Waals surface area (Å²) >= 11 is 0. The summed E-state index contributed by atoms with van der Waals surface area (Å²) in [5.74, 6) is 2.27. The molecule has 0 amide bonds. The molecule has 0 aliphatic heterocycles. The van der Waals surface area contributed by atoms with Gasteiger partial charge in [-0.1, -0.05) is 60.7 Å². The summed E-state index contributed by atoms with van der Waals surface area (Å²) in [6.07, 6.45) is 0. The molecule has 0 aliphatic rings. The number of methoxy groups -OCH3 is 2. The zero-order valence-electron chi connectivity index (χ0n) is 14.2. The maximum absolute atomic E-state index is 6.26. The summed E-state index contributed by atoms with van der Waals surface area (Å²) in [4.78, 5) is 0. The van der Waals surface area contributed by atoms with Crippen LogP contribution in [0.3, 0.4) is 0 Å². The molecule has 0 saturated carbocycles. The zero-order chi connectivity index (χ0) is 17.2. The van der Waals surface area contributed by atoms with E-state index < -0.39 is 0 Å². The molecule has 1 aromatic heterocycles. The summed E-state index contributed by atoms with van der Waals surface area (Å²) in [5.41, 5.74) is 3.89. The van der Waals surface area contributed by atoms with Gasteiger partial charge in [-0.05, 0) is 5.56 Å². The third-order valence-corrected chi connectivity index (χ3v) is 4.28. The van der Waals surface area contributed by atoms with E-state index in [9.17, 15) is 0 Å². The van der Waals surface area contributed by atoms with Crippen molar-refractivity contribution < 1.29 is 13.9 Å². The number of hydrogen-bond acceptors (Lipinski definition) is 3. The Morgan fingerprint density at radius 1 is 0.720 bits per heavy atom. The first kappa shape index (κ1) is 15.3. The van der Waals surface area contributed by atoms with E-state index in [0.717, 1.165) is 39.2 Å². The van der Waals surface area contributed by atoms with Gasteiger partial charge in [-0.2, -0.15) is 0 Å². The fourth-order valence-corrected chi connectivity index (χ4v) is 3.12. The summed E-state index contributed by atoms with van der Waals surface area (Å²) in [6.45, 7) is 0. The molecule has 25 heavy (non-hydrogen) atoms. The molecule has 0 unspecified atom stereocenters. The number of benzene rings is 3. The van der Waals surface area contributed by atoms with E-state index in [4.69, 9.17) is 13.9 Å². The lowest BCUT2D eigenvalue weighted by Crippen LogP contribution is -1.88. The molecule has 3 nitrogen and oxygen atoms in total. The highest BCUT2D eigenvalue weighted by Gasteiger charge is 2.21. The fraction of sp³-hybridized carbons (Fsp3) is 0.0909. The minimum atomic E-state index is 0.706. The van der Waals surface area contributed by atoms with Gasteiger partial charge in [0.2, 0.25) is 0 Å². The van der Waals surface area contributed by atoms with E-state index in [0.29, 0.717) is 5.75 Å². The molecule has 0 spiro atoms. The SMILES string of the molecule is COc1cc(OC)c2c(-c3ccccc3)c(-c3ccccc3)oc2c1. The maximum atomic E-state index is 6.26. The highest BCUT2D eigenvalue weighted by molar-refractivity contribution is 6.05. The largest absolute Gasteiger partial charge is 0.496 e. The minimum absolute atomic E-state index is 0.706. The predicted molar refractivity (Wildman–Crippen MR) is 100 cm³/mol. The van der Waals surface area contributed by atoms with Crippen molar-refractivity contribution in [3.8, 4) is 33.9 Å². The first-order valence-electron chi connectivity index (χ1n) is 8.11. The summed E-state index contributed by atoms with van der Waals surface area (Å²) < 4.78 is 17.3. The van der Waals surface area contributed by atoms with Gasteiger partial charge in [-0.3, -0.25) is 0 Å². The van der Waals surface area contributed by atoms with Crippen LogP contribution in [0.2, 0.25) is 0 Å². The smallest absolute Gasteiger partial charge is 0.143 e. The van der Waals surface area contributed by atoms with Gasteiger partial charge in [0.05, 0.1) is 19.6 Å². The topological polar surface area (TPSA) is 31.6 Å². The highest BCUT2D eigenvalue weighted by atomic mass is 16.5. The van der Waals surface area contributed by atoms with Crippen LogP contribution in [0.5, 0.6) is 11.5 Å². The molecule has 0 radical (unpaired) electrons. The normalized spacial score (nSPS) is 10.8. The second-order valence-corrected chi connectivity index (χ2v) is 5.74. The minimum Gasteiger partial charge on any atom is -0.496 e. The van der Waals surface area contributed by atoms with Crippen molar-refractivity contribution in [2.24, 2.45) is 0 Å². The molecule has 0 aliphatic carbocycles. The fourth-order valence-electron chi connectivity index (χ4n) is 3.12. The van der Waals surface area contributed by atoms with Crippen molar-refractivity contribution in [2.45, 2.75) is 0 Å². The van der Waals surface area contributed by atoms with Crippen LogP contribution in [0.1, 0.15) is 0 Å². The summed E-state index contributed by atoms with van der Waals surface area (Å²) in [7, 11) is 3.30. The Kier molecular flexibility index (Phi) is 3.90. The third kappa shape index (κ3) is 2.64. The van der Waals surface area contributed by atoms with E-state index in [1.54, 1.807) is 14.2 Å². The second kappa shape index (κ2) is 6.36. The molecular weight excluding hydrogens is 312 g/mol. The van der Waals surface area contributed by atoms with Gasteiger partial charge >= 0.3 is 0 Å². The zero-order valence-corrected chi connectivity index (χ0v) is 14.2. The standard InChI is InChI=1S/C22H18O3/c1-23-17-13-18(24-2)21-19(14-17)25-22(16-11-7-4-8-12-16)20(21)15-9-5-3-6-10-15/h3-14H,1-2H3. The lowest BCUT2D eigenvalue weighted by Gasteiger charge is -2.08. The molecule has 1 heterocycles.